The molecule has 3 heteroatoms. The van der Waals surface area contributed by atoms with Crippen LogP contribution in [0.3, 0.4) is 0 Å². The van der Waals surface area contributed by atoms with Crippen molar-refractivity contribution < 1.29 is 9.90 Å². The quantitative estimate of drug-likeness (QED) is 0.313. The van der Waals surface area contributed by atoms with E-state index >= 15 is 0 Å². The molecule has 0 heterocycles. The van der Waals surface area contributed by atoms with Crippen LogP contribution in [0.5, 0.6) is 0 Å². The van der Waals surface area contributed by atoms with Crippen LogP contribution >= 0.6 is 0 Å². The molecular formula is C21H42NO2-. The largest absolute Gasteiger partial charge is 0.550 e. The van der Waals surface area contributed by atoms with Gasteiger partial charge >= 0.3 is 0 Å². The topological polar surface area (TPSA) is 43.4 Å². The lowest BCUT2D eigenvalue weighted by molar-refractivity contribution is -0.305. The molecule has 0 saturated heterocycles. The Morgan fingerprint density at radius 2 is 1.08 bits per heavy atom. The van der Waals surface area contributed by atoms with Crippen molar-refractivity contribution in [1.29, 1.82) is 0 Å². The van der Waals surface area contributed by atoms with Gasteiger partial charge in [0.15, 0.2) is 0 Å². The van der Waals surface area contributed by atoms with Gasteiger partial charge in [-0.2, -0.15) is 0 Å². The Morgan fingerprint density at radius 1 is 0.667 bits per heavy atom. The zero-order valence-corrected chi connectivity index (χ0v) is 16.5. The predicted molar refractivity (Wildman–Crippen MR) is 102 cm³/mol. The van der Waals surface area contributed by atoms with Crippen molar-refractivity contribution in [3.8, 4) is 0 Å². The number of rotatable bonds is 19. The lowest BCUT2D eigenvalue weighted by Gasteiger charge is -2.20. The van der Waals surface area contributed by atoms with Gasteiger partial charge in [0.1, 0.15) is 0 Å². The minimum Gasteiger partial charge on any atom is -0.550 e. The van der Waals surface area contributed by atoms with Gasteiger partial charge in [0.2, 0.25) is 0 Å². The van der Waals surface area contributed by atoms with Gasteiger partial charge in [0, 0.05) is 12.5 Å². The number of hydrogen-bond donors (Lipinski definition) is 0. The first-order valence-electron chi connectivity index (χ1n) is 10.6. The van der Waals surface area contributed by atoms with Crippen molar-refractivity contribution in [3.63, 3.8) is 0 Å². The molecule has 0 aromatic carbocycles. The maximum Gasteiger partial charge on any atom is 0.0427 e. The van der Waals surface area contributed by atoms with E-state index in [1.165, 1.54) is 89.9 Å². The first kappa shape index (κ1) is 23.4. The third-order valence-corrected chi connectivity index (χ3v) is 4.91. The fourth-order valence-electron chi connectivity index (χ4n) is 3.21. The van der Waals surface area contributed by atoms with E-state index in [4.69, 9.17) is 0 Å². The average Bonchev–Trinajstić information content (AvgIpc) is 2.57. The van der Waals surface area contributed by atoms with Crippen molar-refractivity contribution in [2.75, 3.05) is 19.6 Å². The summed E-state index contributed by atoms with van der Waals surface area (Å²) in [5, 5.41) is 10.5. The zero-order valence-electron chi connectivity index (χ0n) is 16.5. The van der Waals surface area contributed by atoms with Crippen LogP contribution in [0, 0.1) is 0 Å². The second-order valence-electron chi connectivity index (χ2n) is 7.15. The molecule has 0 unspecified atom stereocenters. The van der Waals surface area contributed by atoms with E-state index in [2.05, 4.69) is 18.7 Å². The van der Waals surface area contributed by atoms with Gasteiger partial charge in [-0.25, -0.2) is 0 Å². The van der Waals surface area contributed by atoms with E-state index in [0.29, 0.717) is 6.54 Å². The number of aliphatic carboxylic acids is 1. The van der Waals surface area contributed by atoms with E-state index in [9.17, 15) is 9.90 Å². The third-order valence-electron chi connectivity index (χ3n) is 4.91. The molecule has 0 aliphatic rings. The molecule has 0 amide bonds. The lowest BCUT2D eigenvalue weighted by atomic mass is 10.0. The Morgan fingerprint density at radius 3 is 1.46 bits per heavy atom. The maximum absolute atomic E-state index is 10.5. The highest BCUT2D eigenvalue weighted by Crippen LogP contribution is 2.13. The van der Waals surface area contributed by atoms with Gasteiger partial charge < -0.3 is 14.8 Å². The first-order valence-corrected chi connectivity index (χ1v) is 10.6. The summed E-state index contributed by atoms with van der Waals surface area (Å²) in [4.78, 5) is 12.7. The van der Waals surface area contributed by atoms with E-state index in [0.717, 1.165) is 13.1 Å². The summed E-state index contributed by atoms with van der Waals surface area (Å²) in [5.74, 6) is -0.936. The van der Waals surface area contributed by atoms with Crippen LogP contribution in [0.15, 0.2) is 0 Å². The summed E-state index contributed by atoms with van der Waals surface area (Å²) in [6.07, 6.45) is 19.4. The van der Waals surface area contributed by atoms with Gasteiger partial charge in [0.05, 0.1) is 0 Å². The molecule has 144 valence electrons. The fourth-order valence-corrected chi connectivity index (χ4v) is 3.21. The van der Waals surface area contributed by atoms with Crippen molar-refractivity contribution >= 4 is 5.97 Å². The molecule has 0 spiro atoms. The molecular weight excluding hydrogens is 298 g/mol. The molecule has 0 rings (SSSR count). The smallest absolute Gasteiger partial charge is 0.0427 e. The van der Waals surface area contributed by atoms with Crippen molar-refractivity contribution in [1.82, 2.24) is 4.90 Å². The van der Waals surface area contributed by atoms with Crippen molar-refractivity contribution in [2.45, 2.75) is 110 Å². The summed E-state index contributed by atoms with van der Waals surface area (Å²) in [7, 11) is 0. The number of carbonyl (C=O) groups is 1. The standard InChI is InChI=1S/C21H43NO2/c1-3-5-6-7-8-9-10-11-12-13-14-15-16-17-19-22(4-2)20-18-21(23)24/h3-20H2,1-2H3,(H,23,24)/p-1. The van der Waals surface area contributed by atoms with Crippen molar-refractivity contribution in [3.05, 3.63) is 0 Å². The highest BCUT2D eigenvalue weighted by atomic mass is 16.4. The number of nitrogens with zero attached hydrogens (tertiary/aromatic N) is 1. The molecule has 0 saturated carbocycles. The van der Waals surface area contributed by atoms with Gasteiger partial charge in [-0.05, 0) is 25.9 Å². The molecule has 0 atom stereocenters. The lowest BCUT2D eigenvalue weighted by Crippen LogP contribution is -2.31. The first-order chi connectivity index (χ1) is 11.7. The predicted octanol–water partition coefficient (Wildman–Crippen LogP) is 4.93. The molecule has 0 fully saturated rings. The van der Waals surface area contributed by atoms with Crippen LogP contribution in [0.4, 0.5) is 0 Å². The molecule has 0 aliphatic carbocycles. The van der Waals surface area contributed by atoms with Gasteiger partial charge in [-0.1, -0.05) is 97.3 Å². The van der Waals surface area contributed by atoms with Gasteiger partial charge in [-0.3, -0.25) is 0 Å². The Balaban J connectivity index is 3.20. The van der Waals surface area contributed by atoms with E-state index in [1.54, 1.807) is 0 Å². The molecule has 0 radical (unpaired) electrons. The summed E-state index contributed by atoms with van der Waals surface area (Å²) in [6, 6.07) is 0. The number of carbonyl (C=O) groups excluding carboxylic acids is 1. The SMILES string of the molecule is CCCCCCCCCCCCCCCCN(CC)CCC(=O)[O-]. The summed E-state index contributed by atoms with van der Waals surface area (Å²) in [5.41, 5.74) is 0. The minimum absolute atomic E-state index is 0.159. The summed E-state index contributed by atoms with van der Waals surface area (Å²) >= 11 is 0. The van der Waals surface area contributed by atoms with Crippen LogP contribution < -0.4 is 5.11 Å². The molecule has 0 aromatic heterocycles. The minimum atomic E-state index is -0.936. The molecule has 24 heavy (non-hydrogen) atoms. The maximum atomic E-state index is 10.5. The highest BCUT2D eigenvalue weighted by Gasteiger charge is 2.01. The van der Waals surface area contributed by atoms with Crippen LogP contribution in [-0.2, 0) is 4.79 Å². The van der Waals surface area contributed by atoms with E-state index in [-0.39, 0.29) is 6.42 Å². The molecule has 0 N–H and O–H groups in total. The van der Waals surface area contributed by atoms with Crippen LogP contribution in [0.2, 0.25) is 0 Å². The molecule has 0 bridgehead atoms. The molecule has 0 aromatic rings. The van der Waals surface area contributed by atoms with E-state index < -0.39 is 5.97 Å². The Kier molecular flexibility index (Phi) is 18.3. The monoisotopic (exact) mass is 340 g/mol. The van der Waals surface area contributed by atoms with Crippen LogP contribution in [-0.4, -0.2) is 30.5 Å². The molecule has 3 nitrogen and oxygen atoms in total. The second kappa shape index (κ2) is 18.8. The Labute approximate surface area is 151 Å². The normalized spacial score (nSPS) is 11.3. The number of carboxylic acids is 1. The Bertz CT molecular complexity index is 269. The summed E-state index contributed by atoms with van der Waals surface area (Å²) in [6.45, 7) is 6.97. The zero-order chi connectivity index (χ0) is 17.9. The van der Waals surface area contributed by atoms with Crippen LogP contribution in [0.25, 0.3) is 0 Å². The van der Waals surface area contributed by atoms with Crippen molar-refractivity contribution in [2.24, 2.45) is 0 Å². The van der Waals surface area contributed by atoms with Gasteiger partial charge in [-0.15, -0.1) is 0 Å². The number of hydrogen-bond acceptors (Lipinski definition) is 3. The average molecular weight is 341 g/mol. The fraction of sp³-hybridized carbons (Fsp3) is 0.952. The number of carboxylic acid groups (broad SMARTS) is 1. The van der Waals surface area contributed by atoms with Gasteiger partial charge in [0.25, 0.3) is 0 Å². The van der Waals surface area contributed by atoms with Crippen LogP contribution in [0.1, 0.15) is 110 Å². The van der Waals surface area contributed by atoms with E-state index in [1.807, 2.05) is 0 Å². The molecule has 0 aliphatic heterocycles. The second-order valence-corrected chi connectivity index (χ2v) is 7.15. The highest BCUT2D eigenvalue weighted by molar-refractivity contribution is 5.64. The number of unbranched alkanes of at least 4 members (excludes halogenated alkanes) is 13. The third kappa shape index (κ3) is 17.8. The Hall–Kier alpha value is -0.570. The summed E-state index contributed by atoms with van der Waals surface area (Å²) < 4.78 is 0.